The lowest BCUT2D eigenvalue weighted by molar-refractivity contribution is 0.149. The number of sulfonamides is 1. The molecule has 1 aliphatic rings. The van der Waals surface area contributed by atoms with E-state index in [4.69, 9.17) is 16.3 Å². The van der Waals surface area contributed by atoms with Crippen molar-refractivity contribution in [2.24, 2.45) is 0 Å². The summed E-state index contributed by atoms with van der Waals surface area (Å²) in [7, 11) is -1.73. The van der Waals surface area contributed by atoms with Gasteiger partial charge in [-0.1, -0.05) is 11.6 Å². The number of methoxy groups -OCH3 is 1. The molecule has 0 saturated carbocycles. The summed E-state index contributed by atoms with van der Waals surface area (Å²) in [6, 6.07) is 4.86. The number of hydrogen-bond donors (Lipinski definition) is 0. The zero-order valence-electron chi connectivity index (χ0n) is 13.1. The third-order valence-electron chi connectivity index (χ3n) is 3.92. The van der Waals surface area contributed by atoms with Crippen LogP contribution in [0.5, 0.6) is 0 Å². The molecule has 0 bridgehead atoms. The number of halogens is 1. The number of nitrogens with zero attached hydrogens (tertiary/aromatic N) is 2. The second kappa shape index (κ2) is 7.75. The van der Waals surface area contributed by atoms with E-state index in [-0.39, 0.29) is 0 Å². The van der Waals surface area contributed by atoms with Gasteiger partial charge in [0.1, 0.15) is 0 Å². The molecule has 0 amide bonds. The van der Waals surface area contributed by atoms with Gasteiger partial charge < -0.3 is 9.64 Å². The summed E-state index contributed by atoms with van der Waals surface area (Å²) in [6.07, 6.45) is 0.972. The van der Waals surface area contributed by atoms with Gasteiger partial charge in [0.15, 0.2) is 0 Å². The minimum absolute atomic E-state index is 0.322. The Labute approximate surface area is 137 Å². The molecule has 0 aromatic heterocycles. The molecule has 1 saturated heterocycles. The van der Waals surface area contributed by atoms with Gasteiger partial charge in [0, 0.05) is 51.5 Å². The first kappa shape index (κ1) is 17.7. The molecule has 0 aliphatic carbocycles. The lowest BCUT2D eigenvalue weighted by Gasteiger charge is -2.34. The lowest BCUT2D eigenvalue weighted by Crippen LogP contribution is -2.48. The largest absolute Gasteiger partial charge is 0.385 e. The van der Waals surface area contributed by atoms with Crippen LogP contribution in [0.3, 0.4) is 0 Å². The summed E-state index contributed by atoms with van der Waals surface area (Å²) < 4.78 is 31.9. The van der Waals surface area contributed by atoms with Gasteiger partial charge in [-0.25, -0.2) is 8.42 Å². The normalized spacial score (nSPS) is 17.8. The van der Waals surface area contributed by atoms with E-state index in [9.17, 15) is 8.42 Å². The van der Waals surface area contributed by atoms with Gasteiger partial charge in [-0.2, -0.15) is 4.31 Å². The van der Waals surface area contributed by atoms with E-state index < -0.39 is 10.0 Å². The minimum Gasteiger partial charge on any atom is -0.385 e. The first-order chi connectivity index (χ1) is 10.4. The fourth-order valence-corrected chi connectivity index (χ4v) is 4.18. The zero-order chi connectivity index (χ0) is 16.2. The Bertz CT molecular complexity index is 599. The molecule has 1 fully saturated rings. The average Bonchev–Trinajstić information content (AvgIpc) is 2.51. The van der Waals surface area contributed by atoms with Crippen molar-refractivity contribution < 1.29 is 13.2 Å². The Kier molecular flexibility index (Phi) is 6.23. The van der Waals surface area contributed by atoms with Crippen LogP contribution in [0.2, 0.25) is 5.02 Å². The second-order valence-electron chi connectivity index (χ2n) is 5.50. The highest BCUT2D eigenvalue weighted by atomic mass is 35.5. The van der Waals surface area contributed by atoms with Crippen LogP contribution < -0.4 is 0 Å². The molecular formula is C15H23ClN2O3S. The molecule has 124 valence electrons. The van der Waals surface area contributed by atoms with E-state index in [1.165, 1.54) is 0 Å². The molecule has 0 atom stereocenters. The molecule has 0 unspecified atom stereocenters. The van der Waals surface area contributed by atoms with Crippen molar-refractivity contribution in [2.45, 2.75) is 18.2 Å². The lowest BCUT2D eigenvalue weighted by atomic mass is 10.2. The van der Waals surface area contributed by atoms with Gasteiger partial charge in [-0.05, 0) is 37.1 Å². The van der Waals surface area contributed by atoms with E-state index in [1.807, 2.05) is 6.92 Å². The van der Waals surface area contributed by atoms with E-state index in [1.54, 1.807) is 29.6 Å². The number of benzene rings is 1. The number of ether oxygens (including phenoxy) is 1. The van der Waals surface area contributed by atoms with Crippen LogP contribution >= 0.6 is 11.6 Å². The topological polar surface area (TPSA) is 49.9 Å². The van der Waals surface area contributed by atoms with Crippen molar-refractivity contribution in [3.63, 3.8) is 0 Å². The SMILES string of the molecule is COCCCN1CCN(S(=O)(=O)c2ccc(Cl)c(C)c2)CC1. The van der Waals surface area contributed by atoms with Crippen molar-refractivity contribution >= 4 is 21.6 Å². The van der Waals surface area contributed by atoms with Gasteiger partial charge in [-0.15, -0.1) is 0 Å². The third-order valence-corrected chi connectivity index (χ3v) is 6.24. The highest BCUT2D eigenvalue weighted by Crippen LogP contribution is 2.23. The van der Waals surface area contributed by atoms with E-state index in [0.29, 0.717) is 23.0 Å². The minimum atomic E-state index is -3.43. The van der Waals surface area contributed by atoms with Crippen LogP contribution in [0.25, 0.3) is 0 Å². The standard InChI is InChI=1S/C15H23ClN2O3S/c1-13-12-14(4-5-15(13)16)22(19,20)18-9-7-17(8-10-18)6-3-11-21-2/h4-5,12H,3,6-11H2,1-2H3. The first-order valence-electron chi connectivity index (χ1n) is 7.43. The van der Waals surface area contributed by atoms with Crippen LogP contribution in [-0.4, -0.2) is 64.1 Å². The Hall–Kier alpha value is -0.660. The molecule has 1 aliphatic heterocycles. The third kappa shape index (κ3) is 4.20. The Morgan fingerprint density at radius 1 is 1.23 bits per heavy atom. The van der Waals surface area contributed by atoms with E-state index in [2.05, 4.69) is 4.90 Å². The maximum absolute atomic E-state index is 12.7. The predicted octanol–water partition coefficient (Wildman–Crippen LogP) is 1.99. The summed E-state index contributed by atoms with van der Waals surface area (Å²) >= 11 is 5.97. The zero-order valence-corrected chi connectivity index (χ0v) is 14.7. The number of aryl methyl sites for hydroxylation is 1. The summed E-state index contributed by atoms with van der Waals surface area (Å²) in [6.45, 7) is 6.07. The van der Waals surface area contributed by atoms with E-state index in [0.717, 1.165) is 38.2 Å². The average molecular weight is 347 g/mol. The maximum atomic E-state index is 12.7. The molecule has 0 radical (unpaired) electrons. The molecule has 22 heavy (non-hydrogen) atoms. The van der Waals surface area contributed by atoms with Crippen molar-refractivity contribution in [1.29, 1.82) is 0 Å². The summed E-state index contributed by atoms with van der Waals surface area (Å²) in [5.74, 6) is 0. The quantitative estimate of drug-likeness (QED) is 0.739. The number of piperazine rings is 1. The predicted molar refractivity (Wildman–Crippen MR) is 87.9 cm³/mol. The number of hydrogen-bond acceptors (Lipinski definition) is 4. The van der Waals surface area contributed by atoms with Crippen LogP contribution in [0, 0.1) is 6.92 Å². The molecule has 5 nitrogen and oxygen atoms in total. The Morgan fingerprint density at radius 3 is 2.50 bits per heavy atom. The van der Waals surface area contributed by atoms with Crippen molar-refractivity contribution in [2.75, 3.05) is 46.4 Å². The highest BCUT2D eigenvalue weighted by Gasteiger charge is 2.28. The molecular weight excluding hydrogens is 324 g/mol. The number of rotatable bonds is 6. The monoisotopic (exact) mass is 346 g/mol. The Balaban J connectivity index is 1.98. The molecule has 0 N–H and O–H groups in total. The summed E-state index contributed by atoms with van der Waals surface area (Å²) in [5, 5.41) is 0.585. The van der Waals surface area contributed by atoms with Crippen LogP contribution in [0.4, 0.5) is 0 Å². The van der Waals surface area contributed by atoms with Gasteiger partial charge in [0.2, 0.25) is 10.0 Å². The van der Waals surface area contributed by atoms with Crippen LogP contribution in [-0.2, 0) is 14.8 Å². The fraction of sp³-hybridized carbons (Fsp3) is 0.600. The highest BCUT2D eigenvalue weighted by molar-refractivity contribution is 7.89. The van der Waals surface area contributed by atoms with Gasteiger partial charge >= 0.3 is 0 Å². The smallest absolute Gasteiger partial charge is 0.243 e. The molecule has 1 aromatic rings. The molecule has 1 aromatic carbocycles. The van der Waals surface area contributed by atoms with Crippen molar-refractivity contribution in [3.05, 3.63) is 28.8 Å². The summed E-state index contributed by atoms with van der Waals surface area (Å²) in [5.41, 5.74) is 0.779. The Morgan fingerprint density at radius 2 is 1.91 bits per heavy atom. The van der Waals surface area contributed by atoms with Crippen LogP contribution in [0.1, 0.15) is 12.0 Å². The van der Waals surface area contributed by atoms with Gasteiger partial charge in [0.25, 0.3) is 0 Å². The van der Waals surface area contributed by atoms with E-state index >= 15 is 0 Å². The fourth-order valence-electron chi connectivity index (χ4n) is 2.55. The van der Waals surface area contributed by atoms with Gasteiger partial charge in [0.05, 0.1) is 4.90 Å². The van der Waals surface area contributed by atoms with Crippen molar-refractivity contribution in [1.82, 2.24) is 9.21 Å². The summed E-state index contributed by atoms with van der Waals surface area (Å²) in [4.78, 5) is 2.60. The van der Waals surface area contributed by atoms with Crippen molar-refractivity contribution in [3.8, 4) is 0 Å². The molecule has 0 spiro atoms. The molecule has 1 heterocycles. The molecule has 7 heteroatoms. The second-order valence-corrected chi connectivity index (χ2v) is 7.85. The maximum Gasteiger partial charge on any atom is 0.243 e. The van der Waals surface area contributed by atoms with Crippen LogP contribution in [0.15, 0.2) is 23.1 Å². The first-order valence-corrected chi connectivity index (χ1v) is 9.24. The van der Waals surface area contributed by atoms with Gasteiger partial charge in [-0.3, -0.25) is 0 Å². The molecule has 2 rings (SSSR count).